The summed E-state index contributed by atoms with van der Waals surface area (Å²) >= 11 is 1.16. The molecule has 2 aromatic heterocycles. The molecule has 0 spiro atoms. The van der Waals surface area contributed by atoms with E-state index in [1.807, 2.05) is 0 Å². The predicted octanol–water partition coefficient (Wildman–Crippen LogP) is 2.06. The van der Waals surface area contributed by atoms with Crippen molar-refractivity contribution in [2.24, 2.45) is 0 Å². The number of carbonyl (C=O) groups is 2. The van der Waals surface area contributed by atoms with E-state index in [-0.39, 0.29) is 0 Å². The Balaban J connectivity index is 2.26. The maximum absolute atomic E-state index is 12.6. The van der Waals surface area contributed by atoms with Gasteiger partial charge in [0.15, 0.2) is 6.29 Å². The van der Waals surface area contributed by atoms with Crippen LogP contribution in [0.15, 0.2) is 24.4 Å². The predicted molar refractivity (Wildman–Crippen MR) is 69.6 cm³/mol. The van der Waals surface area contributed by atoms with E-state index in [1.165, 1.54) is 18.3 Å². The number of hydrogen-bond acceptors (Lipinski definition) is 4. The molecule has 0 saturated heterocycles. The molecule has 1 amide bonds. The molecule has 19 heavy (non-hydrogen) atoms. The van der Waals surface area contributed by atoms with Crippen LogP contribution in [-0.4, -0.2) is 17.7 Å². The fourth-order valence-corrected chi connectivity index (χ4v) is 2.11. The number of aldehydes is 1. The van der Waals surface area contributed by atoms with Crippen LogP contribution < -0.4 is 5.32 Å². The average Bonchev–Trinajstić information content (AvgIpc) is 2.81. The van der Waals surface area contributed by atoms with Gasteiger partial charge in [-0.1, -0.05) is 11.8 Å². The molecule has 2 aromatic rings. The smallest absolute Gasteiger partial charge is 0.212 e. The van der Waals surface area contributed by atoms with Gasteiger partial charge >= 0.3 is 0 Å². The highest BCUT2D eigenvalue weighted by atomic mass is 32.1. The molecule has 0 saturated carbocycles. The monoisotopic (exact) mass is 274 g/mol. The third-order valence-electron chi connectivity index (χ3n) is 2.14. The lowest BCUT2D eigenvalue weighted by molar-refractivity contribution is -0.105. The highest BCUT2D eigenvalue weighted by Crippen LogP contribution is 2.24. The molecule has 0 bridgehead atoms. The van der Waals surface area contributed by atoms with Crippen molar-refractivity contribution in [2.45, 2.75) is 0 Å². The number of amides is 1. The van der Waals surface area contributed by atoms with Crippen molar-refractivity contribution in [2.75, 3.05) is 5.32 Å². The number of halogens is 1. The second-order valence-electron chi connectivity index (χ2n) is 3.39. The van der Waals surface area contributed by atoms with Crippen molar-refractivity contribution in [3.05, 3.63) is 45.7 Å². The molecule has 0 aliphatic rings. The lowest BCUT2D eigenvalue weighted by Gasteiger charge is -1.90. The van der Waals surface area contributed by atoms with E-state index in [9.17, 15) is 14.0 Å². The molecule has 0 radical (unpaired) electrons. The Morgan fingerprint density at radius 2 is 2.16 bits per heavy atom. The normalized spacial score (nSPS) is 9.32. The maximum Gasteiger partial charge on any atom is 0.212 e. The zero-order chi connectivity index (χ0) is 13.7. The maximum atomic E-state index is 12.6. The second-order valence-corrected chi connectivity index (χ2v) is 4.47. The lowest BCUT2D eigenvalue weighted by Crippen LogP contribution is -1.93. The van der Waals surface area contributed by atoms with Crippen molar-refractivity contribution >= 4 is 29.7 Å². The summed E-state index contributed by atoms with van der Waals surface area (Å²) in [6.45, 7) is 0. The Bertz CT molecular complexity index is 668. The number of anilines is 1. The summed E-state index contributed by atoms with van der Waals surface area (Å²) < 4.78 is 12.6. The largest absolute Gasteiger partial charge is 0.327 e. The molecule has 0 atom stereocenters. The molecular formula is C13H7FN2O2S. The van der Waals surface area contributed by atoms with Gasteiger partial charge in [0.2, 0.25) is 12.4 Å². The van der Waals surface area contributed by atoms with Crippen LogP contribution in [0, 0.1) is 17.8 Å². The zero-order valence-electron chi connectivity index (χ0n) is 9.51. The van der Waals surface area contributed by atoms with Crippen LogP contribution in [-0.2, 0) is 4.79 Å². The summed E-state index contributed by atoms with van der Waals surface area (Å²) in [7, 11) is 0. The first-order valence-corrected chi connectivity index (χ1v) is 5.97. The lowest BCUT2D eigenvalue weighted by atomic mass is 10.3. The Kier molecular flexibility index (Phi) is 4.00. The van der Waals surface area contributed by atoms with Gasteiger partial charge in [0, 0.05) is 11.8 Å². The minimum Gasteiger partial charge on any atom is -0.327 e. The van der Waals surface area contributed by atoms with Crippen LogP contribution in [0.5, 0.6) is 0 Å². The standard InChI is InChI=1S/C13H7FN2O2S/c14-13-4-2-9(6-15-13)1-3-10-5-11(16-8-18)12(7-17)19-10/h2,4-8H,(H,16,18). The van der Waals surface area contributed by atoms with Crippen LogP contribution in [0.3, 0.4) is 0 Å². The number of pyridine rings is 1. The minimum absolute atomic E-state index is 0.397. The van der Waals surface area contributed by atoms with Gasteiger partial charge in [-0.15, -0.1) is 11.3 Å². The van der Waals surface area contributed by atoms with Gasteiger partial charge in [-0.05, 0) is 18.2 Å². The fourth-order valence-electron chi connectivity index (χ4n) is 1.31. The molecule has 6 heteroatoms. The molecule has 2 rings (SSSR count). The van der Waals surface area contributed by atoms with E-state index in [4.69, 9.17) is 0 Å². The Labute approximate surface area is 112 Å². The molecule has 0 fully saturated rings. The van der Waals surface area contributed by atoms with Crippen LogP contribution in [0.25, 0.3) is 0 Å². The SMILES string of the molecule is O=CNc1cc(C#Cc2ccc(F)nc2)sc1C=O. The summed E-state index contributed by atoms with van der Waals surface area (Å²) in [4.78, 5) is 25.6. The molecule has 0 aromatic carbocycles. The molecule has 0 unspecified atom stereocenters. The van der Waals surface area contributed by atoms with Gasteiger partial charge in [0.25, 0.3) is 0 Å². The topological polar surface area (TPSA) is 59.1 Å². The minimum atomic E-state index is -0.567. The first kappa shape index (κ1) is 12.9. The summed E-state index contributed by atoms with van der Waals surface area (Å²) in [5, 5.41) is 2.42. The Morgan fingerprint density at radius 1 is 1.32 bits per heavy atom. The quantitative estimate of drug-likeness (QED) is 0.529. The first-order valence-electron chi connectivity index (χ1n) is 5.15. The molecule has 4 nitrogen and oxygen atoms in total. The van der Waals surface area contributed by atoms with Gasteiger partial charge in [-0.25, -0.2) is 4.98 Å². The molecular weight excluding hydrogens is 267 g/mol. The van der Waals surface area contributed by atoms with E-state index in [2.05, 4.69) is 22.1 Å². The van der Waals surface area contributed by atoms with Crippen molar-refractivity contribution in [3.63, 3.8) is 0 Å². The van der Waals surface area contributed by atoms with Crippen LogP contribution in [0.2, 0.25) is 0 Å². The summed E-state index contributed by atoms with van der Waals surface area (Å²) in [5.74, 6) is 5.05. The van der Waals surface area contributed by atoms with E-state index in [0.29, 0.717) is 33.7 Å². The summed E-state index contributed by atoms with van der Waals surface area (Å²) in [5.41, 5.74) is 0.990. The highest BCUT2D eigenvalue weighted by Gasteiger charge is 2.06. The molecule has 0 aliphatic heterocycles. The van der Waals surface area contributed by atoms with E-state index in [1.54, 1.807) is 6.07 Å². The van der Waals surface area contributed by atoms with Crippen LogP contribution in [0.1, 0.15) is 20.1 Å². The zero-order valence-corrected chi connectivity index (χ0v) is 10.3. The van der Waals surface area contributed by atoms with Crippen LogP contribution >= 0.6 is 11.3 Å². The number of aromatic nitrogens is 1. The van der Waals surface area contributed by atoms with E-state index in [0.717, 1.165) is 11.3 Å². The van der Waals surface area contributed by atoms with Crippen molar-refractivity contribution < 1.29 is 14.0 Å². The van der Waals surface area contributed by atoms with Gasteiger partial charge in [-0.2, -0.15) is 4.39 Å². The fraction of sp³-hybridized carbons (Fsp3) is 0. The molecule has 2 heterocycles. The third kappa shape index (κ3) is 3.24. The van der Waals surface area contributed by atoms with E-state index >= 15 is 0 Å². The first-order chi connectivity index (χ1) is 9.22. The molecule has 0 aliphatic carbocycles. The van der Waals surface area contributed by atoms with Crippen molar-refractivity contribution in [1.29, 1.82) is 0 Å². The van der Waals surface area contributed by atoms with E-state index < -0.39 is 5.95 Å². The van der Waals surface area contributed by atoms with Crippen molar-refractivity contribution in [1.82, 2.24) is 4.98 Å². The summed E-state index contributed by atoms with van der Waals surface area (Å²) in [6.07, 6.45) is 2.47. The highest BCUT2D eigenvalue weighted by molar-refractivity contribution is 7.14. The number of hydrogen-bond donors (Lipinski definition) is 1. The number of carbonyl (C=O) groups excluding carboxylic acids is 2. The Morgan fingerprint density at radius 3 is 2.79 bits per heavy atom. The van der Waals surface area contributed by atoms with Gasteiger partial charge in [0.05, 0.1) is 15.4 Å². The van der Waals surface area contributed by atoms with Crippen molar-refractivity contribution in [3.8, 4) is 11.8 Å². The number of rotatable bonds is 3. The van der Waals surface area contributed by atoms with Gasteiger partial charge in [0.1, 0.15) is 0 Å². The average molecular weight is 274 g/mol. The van der Waals surface area contributed by atoms with Gasteiger partial charge < -0.3 is 5.32 Å². The number of nitrogens with zero attached hydrogens (tertiary/aromatic N) is 1. The number of nitrogens with one attached hydrogen (secondary N) is 1. The van der Waals surface area contributed by atoms with Gasteiger partial charge in [-0.3, -0.25) is 9.59 Å². The summed E-state index contributed by atoms with van der Waals surface area (Å²) in [6, 6.07) is 4.33. The Hall–Kier alpha value is -2.52. The number of thiophene rings is 1. The molecule has 94 valence electrons. The van der Waals surface area contributed by atoms with Crippen LogP contribution in [0.4, 0.5) is 10.1 Å². The molecule has 1 N–H and O–H groups in total. The second kappa shape index (κ2) is 5.89. The third-order valence-corrected chi connectivity index (χ3v) is 3.12.